The summed E-state index contributed by atoms with van der Waals surface area (Å²) in [6.07, 6.45) is -7.10. The number of aromatic nitrogens is 1. The number of nitrogens with zero attached hydrogens (tertiary/aromatic N) is 2. The van der Waals surface area contributed by atoms with Gasteiger partial charge in [-0.05, 0) is 19.3 Å². The van der Waals surface area contributed by atoms with Crippen molar-refractivity contribution >= 4 is 11.8 Å². The molecule has 3 heterocycles. The maximum Gasteiger partial charge on any atom is 0.276 e. The van der Waals surface area contributed by atoms with Crippen LogP contribution in [0.25, 0.3) is 0 Å². The van der Waals surface area contributed by atoms with E-state index in [0.717, 1.165) is 0 Å². The molecule has 0 radical (unpaired) electrons. The summed E-state index contributed by atoms with van der Waals surface area (Å²) in [7, 11) is 0. The molecule has 2 N–H and O–H groups in total. The summed E-state index contributed by atoms with van der Waals surface area (Å²) in [6, 6.07) is -1.28. The lowest BCUT2D eigenvalue weighted by Crippen LogP contribution is -2.57. The summed E-state index contributed by atoms with van der Waals surface area (Å²) in [5, 5.41) is 12.2. The first kappa shape index (κ1) is 10.2. The first-order valence-corrected chi connectivity index (χ1v) is 8.14. The molecule has 2 aliphatic rings. The van der Waals surface area contributed by atoms with Crippen LogP contribution in [-0.2, 0) is 17.7 Å². The van der Waals surface area contributed by atoms with Crippen molar-refractivity contribution in [1.29, 1.82) is 0 Å². The maximum absolute atomic E-state index is 14.2. The van der Waals surface area contributed by atoms with E-state index in [1.54, 1.807) is 5.32 Å². The van der Waals surface area contributed by atoms with Crippen LogP contribution in [0.2, 0.25) is 0 Å². The van der Waals surface area contributed by atoms with E-state index in [0.29, 0.717) is 18.2 Å². The van der Waals surface area contributed by atoms with Crippen LogP contribution in [-0.4, -0.2) is 45.2 Å². The summed E-state index contributed by atoms with van der Waals surface area (Å²) in [5.41, 5.74) is -5.28. The van der Waals surface area contributed by atoms with Gasteiger partial charge in [0.2, 0.25) is 5.43 Å². The molecule has 2 atom stereocenters. The van der Waals surface area contributed by atoms with Crippen LogP contribution in [0, 0.1) is 11.6 Å². The van der Waals surface area contributed by atoms with E-state index in [1.165, 1.54) is 0 Å². The zero-order valence-corrected chi connectivity index (χ0v) is 14.6. The largest absolute Gasteiger partial charge is 0.503 e. The maximum atomic E-state index is 14.2. The van der Waals surface area contributed by atoms with Gasteiger partial charge in [0, 0.05) is 37.2 Å². The fraction of sp³-hybridized carbons (Fsp3) is 0.350. The van der Waals surface area contributed by atoms with Crippen LogP contribution in [0.3, 0.4) is 0 Å². The first-order valence-electron chi connectivity index (χ1n) is 14.1. The number of benzene rings is 1. The van der Waals surface area contributed by atoms with E-state index >= 15 is 0 Å². The Balaban J connectivity index is 1.91. The molecule has 2 amide bonds. The molecule has 0 saturated carbocycles. The third-order valence-electron chi connectivity index (χ3n) is 4.13. The lowest BCUT2D eigenvalue weighted by molar-refractivity contribution is -0.112. The van der Waals surface area contributed by atoms with E-state index in [4.69, 9.17) is 21.2 Å². The van der Waals surface area contributed by atoms with Gasteiger partial charge >= 0.3 is 0 Å². The molecule has 1 aromatic carbocycles. The normalized spacial score (nSPS) is 34.8. The molecule has 10 heteroatoms. The number of fused-ring (bicyclic) bond motifs is 2. The Kier molecular flexibility index (Phi) is 2.55. The van der Waals surface area contributed by atoms with Crippen LogP contribution >= 0.6 is 0 Å². The molecular weight excluding hydrogens is 400 g/mol. The minimum Gasteiger partial charge on any atom is -0.503 e. The van der Waals surface area contributed by atoms with E-state index in [-0.39, 0.29) is 15.7 Å². The Morgan fingerprint density at radius 2 is 2.30 bits per heavy atom. The van der Waals surface area contributed by atoms with Crippen molar-refractivity contribution in [1.82, 2.24) is 14.8 Å². The van der Waals surface area contributed by atoms with E-state index < -0.39 is 96.5 Å². The average Bonchev–Trinajstić information content (AvgIpc) is 2.79. The SMILES string of the molecule is [2H]C([2H])(NC(=O)c1cn2c(c(O)c1=O)C(=O)N1[C@H](C([2H])([2H])[2H])C([2H])([2H])C([2H])([2H])O[C@@]1([2H])C2([2H])[2H])c1ccc(F)cc1F. The van der Waals surface area contributed by atoms with Gasteiger partial charge in [0.05, 0.1) is 22.7 Å². The number of carbonyl (C=O) groups is 2. The van der Waals surface area contributed by atoms with Crippen LogP contribution in [0.1, 0.15) is 56.1 Å². The van der Waals surface area contributed by atoms with Gasteiger partial charge in [-0.2, -0.15) is 0 Å². The fourth-order valence-corrected chi connectivity index (χ4v) is 2.71. The number of nitrogens with one attached hydrogen (secondary N) is 1. The number of carbonyl (C=O) groups excluding carboxylic acids is 2. The van der Waals surface area contributed by atoms with Gasteiger partial charge in [0.25, 0.3) is 11.8 Å². The zero-order chi connectivity index (χ0) is 32.2. The van der Waals surface area contributed by atoms with Crippen LogP contribution in [0.5, 0.6) is 5.75 Å². The standard InChI is InChI=1S/C20H19F2N3O5/c1-10-4-5-30-15-9-24-8-13(17(26)18(27)16(24)20(29)25(10)15)19(28)23-7-11-2-3-12(21)6-14(11)22/h2-3,6,8,10,15,27H,4-5,7,9H2,1H3,(H,23,28)/t10-,15+/m1/s1/i1D3,4D2,5D2,7D2,9D2,15D. The molecule has 1 saturated heterocycles. The lowest BCUT2D eigenvalue weighted by atomic mass is 10.1. The number of rotatable bonds is 3. The fourth-order valence-electron chi connectivity index (χ4n) is 2.71. The van der Waals surface area contributed by atoms with Gasteiger partial charge in [0.1, 0.15) is 17.2 Å². The molecule has 1 aromatic heterocycles. The minimum absolute atomic E-state index is 0.00786. The molecule has 0 spiro atoms. The molecule has 0 bridgehead atoms. The highest BCUT2D eigenvalue weighted by molar-refractivity contribution is 5.99. The van der Waals surface area contributed by atoms with Gasteiger partial charge < -0.3 is 24.6 Å². The Morgan fingerprint density at radius 1 is 1.50 bits per heavy atom. The Bertz CT molecular complexity index is 1580. The molecule has 0 aliphatic carbocycles. The van der Waals surface area contributed by atoms with Crippen molar-refractivity contribution in [3.05, 3.63) is 63.1 Å². The Hall–Kier alpha value is -3.27. The summed E-state index contributed by atoms with van der Waals surface area (Å²) in [4.78, 5) is 39.1. The summed E-state index contributed by atoms with van der Waals surface area (Å²) in [5.74, 6) is -7.79. The van der Waals surface area contributed by atoms with E-state index in [2.05, 4.69) is 0 Å². The van der Waals surface area contributed by atoms with E-state index in [9.17, 15) is 28.3 Å². The number of halogens is 2. The molecule has 2 aromatic rings. The number of aromatic hydroxyl groups is 1. The number of ether oxygens (including phenoxy) is 1. The molecule has 4 rings (SSSR count). The highest BCUT2D eigenvalue weighted by Gasteiger charge is 2.41. The number of amides is 2. The van der Waals surface area contributed by atoms with Crippen LogP contribution < -0.4 is 10.7 Å². The summed E-state index contributed by atoms with van der Waals surface area (Å²) >= 11 is 0. The lowest BCUT2D eigenvalue weighted by Gasteiger charge is -2.44. The molecule has 0 unspecified atom stereocenters. The first-order chi connectivity index (χ1) is 18.8. The van der Waals surface area contributed by atoms with Crippen molar-refractivity contribution in [2.24, 2.45) is 0 Å². The van der Waals surface area contributed by atoms with Crippen LogP contribution in [0.15, 0.2) is 29.2 Å². The third kappa shape index (κ3) is 3.32. The van der Waals surface area contributed by atoms with Gasteiger partial charge in [-0.3, -0.25) is 14.4 Å². The molecule has 158 valence electrons. The highest BCUT2D eigenvalue weighted by Crippen LogP contribution is 2.29. The van der Waals surface area contributed by atoms with Gasteiger partial charge in [0.15, 0.2) is 17.6 Å². The number of pyridine rings is 1. The second-order valence-corrected chi connectivity index (χ2v) is 5.99. The molecule has 8 nitrogen and oxygen atoms in total. The zero-order valence-electron chi connectivity index (χ0n) is 26.6. The molecule has 30 heavy (non-hydrogen) atoms. The predicted octanol–water partition coefficient (Wildman–Crippen LogP) is 1.35. The Morgan fingerprint density at radius 3 is 3.03 bits per heavy atom. The van der Waals surface area contributed by atoms with Crippen LogP contribution in [0.4, 0.5) is 8.78 Å². The van der Waals surface area contributed by atoms with Gasteiger partial charge in [-0.25, -0.2) is 8.78 Å². The second-order valence-electron chi connectivity index (χ2n) is 5.99. The summed E-state index contributed by atoms with van der Waals surface area (Å²) < 4.78 is 129. The van der Waals surface area contributed by atoms with Gasteiger partial charge in [-0.15, -0.1) is 0 Å². The second kappa shape index (κ2) is 7.52. The Labute approximate surface area is 186 Å². The predicted molar refractivity (Wildman–Crippen MR) is 99.9 cm³/mol. The molecule has 2 aliphatic heterocycles. The number of hydrogen-bond donors (Lipinski definition) is 2. The smallest absolute Gasteiger partial charge is 0.276 e. The third-order valence-corrected chi connectivity index (χ3v) is 4.13. The quantitative estimate of drug-likeness (QED) is 0.764. The molecular formula is C20H19F2N3O5. The van der Waals surface area contributed by atoms with Crippen molar-refractivity contribution in [3.63, 3.8) is 0 Å². The highest BCUT2D eigenvalue weighted by atomic mass is 19.1. The monoisotopic (exact) mass is 431 g/mol. The van der Waals surface area contributed by atoms with Crippen molar-refractivity contribution < 1.29 is 44.7 Å². The van der Waals surface area contributed by atoms with Crippen molar-refractivity contribution in [2.75, 3.05) is 6.56 Å². The van der Waals surface area contributed by atoms with Crippen molar-refractivity contribution in [3.8, 4) is 5.75 Å². The topological polar surface area (TPSA) is 101 Å². The minimum atomic E-state index is -3.73. The summed E-state index contributed by atoms with van der Waals surface area (Å²) in [6.45, 7) is -14.1. The average molecular weight is 431 g/mol. The number of hydrogen-bond acceptors (Lipinski definition) is 5. The van der Waals surface area contributed by atoms with Gasteiger partial charge in [-0.1, -0.05) is 6.07 Å². The molecule has 1 fully saturated rings. The van der Waals surface area contributed by atoms with Crippen molar-refractivity contribution in [2.45, 2.75) is 38.5 Å². The van der Waals surface area contributed by atoms with E-state index in [1.807, 2.05) is 0 Å².